The molecule has 0 spiro atoms. The highest BCUT2D eigenvalue weighted by molar-refractivity contribution is 7.09. The summed E-state index contributed by atoms with van der Waals surface area (Å²) < 4.78 is 5.83. The molecule has 0 fully saturated rings. The molecule has 17 heavy (non-hydrogen) atoms. The molecule has 1 heterocycles. The van der Waals surface area contributed by atoms with Gasteiger partial charge in [-0.15, -0.1) is 11.3 Å². The molecule has 1 aromatic heterocycles. The molecule has 1 unspecified atom stereocenters. The Morgan fingerprint density at radius 2 is 1.94 bits per heavy atom. The lowest BCUT2D eigenvalue weighted by Crippen LogP contribution is -2.16. The van der Waals surface area contributed by atoms with Crippen molar-refractivity contribution in [1.82, 2.24) is 0 Å². The molecular formula is C14H17NOS. The van der Waals surface area contributed by atoms with Crippen LogP contribution in [0, 0.1) is 0 Å². The fourth-order valence-corrected chi connectivity index (χ4v) is 2.41. The van der Waals surface area contributed by atoms with Gasteiger partial charge in [0.2, 0.25) is 0 Å². The summed E-state index contributed by atoms with van der Waals surface area (Å²) in [7, 11) is 0. The monoisotopic (exact) mass is 247 g/mol. The fourth-order valence-electron chi connectivity index (χ4n) is 1.72. The zero-order valence-corrected chi connectivity index (χ0v) is 10.5. The smallest absolute Gasteiger partial charge is 0.0947 e. The summed E-state index contributed by atoms with van der Waals surface area (Å²) in [6, 6.07) is 14.3. The molecule has 0 saturated heterocycles. The van der Waals surface area contributed by atoms with Gasteiger partial charge < -0.3 is 10.5 Å². The van der Waals surface area contributed by atoms with Gasteiger partial charge in [0.1, 0.15) is 0 Å². The number of ether oxygens (including phenoxy) is 1. The molecule has 0 bridgehead atoms. The van der Waals surface area contributed by atoms with E-state index < -0.39 is 0 Å². The topological polar surface area (TPSA) is 35.2 Å². The molecule has 90 valence electrons. The van der Waals surface area contributed by atoms with Crippen molar-refractivity contribution in [2.24, 2.45) is 5.73 Å². The second-order valence-electron chi connectivity index (χ2n) is 3.84. The molecule has 0 saturated carbocycles. The van der Waals surface area contributed by atoms with Crippen molar-refractivity contribution >= 4 is 11.3 Å². The summed E-state index contributed by atoms with van der Waals surface area (Å²) >= 11 is 1.77. The molecule has 2 N–H and O–H groups in total. The molecule has 0 radical (unpaired) electrons. The number of nitrogens with two attached hydrogens (primary N) is 1. The highest BCUT2D eigenvalue weighted by atomic mass is 32.1. The number of thiophene rings is 1. The van der Waals surface area contributed by atoms with Crippen LogP contribution in [0.3, 0.4) is 0 Å². The first-order chi connectivity index (χ1) is 8.40. The Bertz CT molecular complexity index is 413. The predicted molar refractivity (Wildman–Crippen MR) is 72.2 cm³/mol. The number of rotatable bonds is 6. The Kier molecular flexibility index (Phi) is 4.74. The van der Waals surface area contributed by atoms with Gasteiger partial charge in [-0.2, -0.15) is 0 Å². The van der Waals surface area contributed by atoms with Crippen molar-refractivity contribution in [1.29, 1.82) is 0 Å². The van der Waals surface area contributed by atoms with E-state index in [0.717, 1.165) is 18.6 Å². The average molecular weight is 247 g/mol. The van der Waals surface area contributed by atoms with E-state index in [2.05, 4.69) is 29.6 Å². The van der Waals surface area contributed by atoms with Gasteiger partial charge in [0.15, 0.2) is 0 Å². The maximum atomic E-state index is 5.83. The van der Waals surface area contributed by atoms with Gasteiger partial charge in [0.25, 0.3) is 0 Å². The highest BCUT2D eigenvalue weighted by Gasteiger charge is 2.09. The van der Waals surface area contributed by atoms with Gasteiger partial charge in [-0.05, 0) is 17.0 Å². The molecule has 2 rings (SSSR count). The normalized spacial score (nSPS) is 12.5. The SMILES string of the molecule is NCC(OCCc1cccs1)c1ccccc1. The van der Waals surface area contributed by atoms with E-state index in [1.807, 2.05) is 18.2 Å². The zero-order valence-electron chi connectivity index (χ0n) is 9.71. The quantitative estimate of drug-likeness (QED) is 0.851. The van der Waals surface area contributed by atoms with Crippen molar-refractivity contribution < 1.29 is 4.74 Å². The lowest BCUT2D eigenvalue weighted by Gasteiger charge is -2.16. The number of hydrogen-bond acceptors (Lipinski definition) is 3. The van der Waals surface area contributed by atoms with Gasteiger partial charge in [-0.3, -0.25) is 0 Å². The molecule has 1 atom stereocenters. The lowest BCUT2D eigenvalue weighted by molar-refractivity contribution is 0.0612. The first-order valence-electron chi connectivity index (χ1n) is 5.79. The maximum Gasteiger partial charge on any atom is 0.0947 e. The van der Waals surface area contributed by atoms with E-state index in [1.165, 1.54) is 4.88 Å². The van der Waals surface area contributed by atoms with Crippen LogP contribution in [0.1, 0.15) is 16.5 Å². The minimum Gasteiger partial charge on any atom is -0.372 e. The molecule has 1 aromatic carbocycles. The number of benzene rings is 1. The fraction of sp³-hybridized carbons (Fsp3) is 0.286. The van der Waals surface area contributed by atoms with Crippen LogP contribution in [-0.2, 0) is 11.2 Å². The Morgan fingerprint density at radius 3 is 2.59 bits per heavy atom. The summed E-state index contributed by atoms with van der Waals surface area (Å²) in [6.07, 6.45) is 0.970. The van der Waals surface area contributed by atoms with Gasteiger partial charge in [0, 0.05) is 17.8 Å². The number of hydrogen-bond donors (Lipinski definition) is 1. The molecule has 0 aliphatic rings. The van der Waals surface area contributed by atoms with Crippen molar-refractivity contribution in [2.45, 2.75) is 12.5 Å². The minimum atomic E-state index is 0.0103. The van der Waals surface area contributed by atoms with E-state index in [9.17, 15) is 0 Å². The van der Waals surface area contributed by atoms with Crippen LogP contribution < -0.4 is 5.73 Å². The third-order valence-electron chi connectivity index (χ3n) is 2.63. The molecular weight excluding hydrogens is 230 g/mol. The van der Waals surface area contributed by atoms with Crippen LogP contribution in [0.2, 0.25) is 0 Å². The van der Waals surface area contributed by atoms with Crippen molar-refractivity contribution in [2.75, 3.05) is 13.2 Å². The molecule has 0 amide bonds. The molecule has 2 nitrogen and oxygen atoms in total. The average Bonchev–Trinajstić information content (AvgIpc) is 2.89. The van der Waals surface area contributed by atoms with Crippen LogP contribution in [0.15, 0.2) is 47.8 Å². The first-order valence-corrected chi connectivity index (χ1v) is 6.67. The van der Waals surface area contributed by atoms with E-state index in [0.29, 0.717) is 6.54 Å². The predicted octanol–water partition coefficient (Wildman–Crippen LogP) is 3.01. The second kappa shape index (κ2) is 6.55. The van der Waals surface area contributed by atoms with Crippen LogP contribution in [0.5, 0.6) is 0 Å². The first kappa shape index (κ1) is 12.3. The van der Waals surface area contributed by atoms with Crippen LogP contribution in [0.4, 0.5) is 0 Å². The third kappa shape index (κ3) is 3.66. The Hall–Kier alpha value is -1.16. The molecule has 0 aliphatic heterocycles. The second-order valence-corrected chi connectivity index (χ2v) is 4.87. The van der Waals surface area contributed by atoms with E-state index in [-0.39, 0.29) is 6.10 Å². The lowest BCUT2D eigenvalue weighted by atomic mass is 10.1. The Balaban J connectivity index is 1.84. The summed E-state index contributed by atoms with van der Waals surface area (Å²) in [5.74, 6) is 0. The van der Waals surface area contributed by atoms with Crippen LogP contribution in [0.25, 0.3) is 0 Å². The van der Waals surface area contributed by atoms with Crippen molar-refractivity contribution in [3.63, 3.8) is 0 Å². The van der Waals surface area contributed by atoms with E-state index in [4.69, 9.17) is 10.5 Å². The van der Waals surface area contributed by atoms with E-state index in [1.54, 1.807) is 11.3 Å². The standard InChI is InChI=1S/C14H17NOS/c15-11-14(12-5-2-1-3-6-12)16-9-8-13-7-4-10-17-13/h1-7,10,14H,8-9,11,15H2. The highest BCUT2D eigenvalue weighted by Crippen LogP contribution is 2.17. The summed E-state index contributed by atoms with van der Waals surface area (Å²) in [5.41, 5.74) is 6.90. The Labute approximate surface area is 106 Å². The van der Waals surface area contributed by atoms with Gasteiger partial charge in [-0.1, -0.05) is 36.4 Å². The van der Waals surface area contributed by atoms with Gasteiger partial charge in [0.05, 0.1) is 12.7 Å². The zero-order chi connectivity index (χ0) is 11.9. The van der Waals surface area contributed by atoms with Gasteiger partial charge in [-0.25, -0.2) is 0 Å². The molecule has 2 aromatic rings. The molecule has 0 aliphatic carbocycles. The maximum absolute atomic E-state index is 5.83. The largest absolute Gasteiger partial charge is 0.372 e. The third-order valence-corrected chi connectivity index (χ3v) is 3.57. The summed E-state index contributed by atoms with van der Waals surface area (Å²) in [6.45, 7) is 1.24. The Morgan fingerprint density at radius 1 is 1.12 bits per heavy atom. The van der Waals surface area contributed by atoms with E-state index >= 15 is 0 Å². The minimum absolute atomic E-state index is 0.0103. The van der Waals surface area contributed by atoms with Gasteiger partial charge >= 0.3 is 0 Å². The van der Waals surface area contributed by atoms with Crippen LogP contribution in [-0.4, -0.2) is 13.2 Å². The summed E-state index contributed by atoms with van der Waals surface area (Å²) in [4.78, 5) is 1.36. The van der Waals surface area contributed by atoms with Crippen molar-refractivity contribution in [3.05, 3.63) is 58.3 Å². The van der Waals surface area contributed by atoms with Crippen molar-refractivity contribution in [3.8, 4) is 0 Å². The van der Waals surface area contributed by atoms with Crippen LogP contribution >= 0.6 is 11.3 Å². The summed E-state index contributed by atoms with van der Waals surface area (Å²) in [5, 5.41) is 2.09. The molecule has 3 heteroatoms.